The number of aliphatic hydroxyl groups excluding tert-OH is 1. The monoisotopic (exact) mass is 239 g/mol. The molecule has 3 nitrogen and oxygen atoms in total. The lowest BCUT2D eigenvalue weighted by Crippen LogP contribution is -2.42. The molecule has 0 aromatic heterocycles. The maximum Gasteiger partial charge on any atom is 0.223 e. The van der Waals surface area contributed by atoms with Gasteiger partial charge < -0.3 is 10.4 Å². The Morgan fingerprint density at radius 2 is 1.59 bits per heavy atom. The zero-order chi connectivity index (χ0) is 12.3. The van der Waals surface area contributed by atoms with E-state index in [1.54, 1.807) is 0 Å². The minimum Gasteiger partial charge on any atom is -0.393 e. The minimum atomic E-state index is -0.140. The van der Waals surface area contributed by atoms with Crippen LogP contribution < -0.4 is 5.32 Å². The first-order valence-electron chi connectivity index (χ1n) is 7.13. The van der Waals surface area contributed by atoms with Crippen molar-refractivity contribution in [2.45, 2.75) is 70.4 Å². The molecule has 98 valence electrons. The fraction of sp³-hybridized carbons (Fsp3) is 0.929. The minimum absolute atomic E-state index is 0.140. The molecule has 0 atom stereocenters. The molecule has 0 saturated heterocycles. The molecule has 0 aromatic rings. The average Bonchev–Trinajstić information content (AvgIpc) is 2.33. The third kappa shape index (κ3) is 3.70. The highest BCUT2D eigenvalue weighted by Gasteiger charge is 2.27. The van der Waals surface area contributed by atoms with Crippen molar-refractivity contribution < 1.29 is 9.90 Å². The molecule has 3 heteroatoms. The van der Waals surface area contributed by atoms with Crippen LogP contribution in [0.3, 0.4) is 0 Å². The van der Waals surface area contributed by atoms with Crippen molar-refractivity contribution in [2.24, 2.45) is 11.8 Å². The van der Waals surface area contributed by atoms with E-state index in [9.17, 15) is 9.90 Å². The Hall–Kier alpha value is -0.570. The molecule has 0 aromatic carbocycles. The van der Waals surface area contributed by atoms with Crippen LogP contribution in [0.15, 0.2) is 0 Å². The van der Waals surface area contributed by atoms with Gasteiger partial charge in [0.15, 0.2) is 0 Å². The van der Waals surface area contributed by atoms with Crippen LogP contribution in [0, 0.1) is 11.8 Å². The number of hydrogen-bond acceptors (Lipinski definition) is 2. The number of aliphatic hydroxyl groups is 1. The molecule has 1 amide bonds. The summed E-state index contributed by atoms with van der Waals surface area (Å²) in [4.78, 5) is 12.1. The lowest BCUT2D eigenvalue weighted by atomic mass is 9.82. The molecule has 0 radical (unpaired) electrons. The topological polar surface area (TPSA) is 49.3 Å². The lowest BCUT2D eigenvalue weighted by molar-refractivity contribution is -0.127. The Morgan fingerprint density at radius 1 is 1.00 bits per heavy atom. The van der Waals surface area contributed by atoms with Gasteiger partial charge in [-0.05, 0) is 57.3 Å². The maximum absolute atomic E-state index is 12.1. The average molecular weight is 239 g/mol. The molecule has 2 N–H and O–H groups in total. The van der Waals surface area contributed by atoms with Crippen LogP contribution in [-0.2, 0) is 4.79 Å². The van der Waals surface area contributed by atoms with Gasteiger partial charge in [0.2, 0.25) is 5.91 Å². The molecule has 2 fully saturated rings. The quantitative estimate of drug-likeness (QED) is 0.776. The third-order valence-corrected chi connectivity index (χ3v) is 4.43. The fourth-order valence-electron chi connectivity index (χ4n) is 3.06. The van der Waals surface area contributed by atoms with E-state index < -0.39 is 0 Å². The van der Waals surface area contributed by atoms with Crippen LogP contribution in [0.5, 0.6) is 0 Å². The molecular formula is C14H25NO2. The predicted molar refractivity (Wildman–Crippen MR) is 67.5 cm³/mol. The second-order valence-electron chi connectivity index (χ2n) is 5.97. The van der Waals surface area contributed by atoms with Gasteiger partial charge in [0.1, 0.15) is 0 Å². The zero-order valence-electron chi connectivity index (χ0n) is 10.8. The van der Waals surface area contributed by atoms with Gasteiger partial charge in [-0.25, -0.2) is 0 Å². The standard InChI is InChI=1S/C14H25NO2/c1-10-2-4-11(5-3-10)14(17)15-12-6-8-13(16)9-7-12/h10-13,16H,2-9H2,1H3,(H,15,17). The van der Waals surface area contributed by atoms with Gasteiger partial charge in [0.25, 0.3) is 0 Å². The summed E-state index contributed by atoms with van der Waals surface area (Å²) in [5.41, 5.74) is 0. The van der Waals surface area contributed by atoms with Crippen molar-refractivity contribution in [3.63, 3.8) is 0 Å². The molecule has 17 heavy (non-hydrogen) atoms. The third-order valence-electron chi connectivity index (χ3n) is 4.43. The molecule has 2 aliphatic carbocycles. The van der Waals surface area contributed by atoms with Crippen LogP contribution in [0.25, 0.3) is 0 Å². The summed E-state index contributed by atoms with van der Waals surface area (Å²) in [7, 11) is 0. The van der Waals surface area contributed by atoms with E-state index in [2.05, 4.69) is 12.2 Å². The Balaban J connectivity index is 1.73. The van der Waals surface area contributed by atoms with E-state index in [0.29, 0.717) is 6.04 Å². The maximum atomic E-state index is 12.1. The van der Waals surface area contributed by atoms with Gasteiger partial charge in [0.05, 0.1) is 6.10 Å². The normalized spacial score (nSPS) is 38.7. The molecule has 0 heterocycles. The Labute approximate surface area is 104 Å². The van der Waals surface area contributed by atoms with Gasteiger partial charge in [-0.3, -0.25) is 4.79 Å². The Bertz CT molecular complexity index is 251. The number of hydrogen-bond donors (Lipinski definition) is 2. The van der Waals surface area contributed by atoms with E-state index in [1.807, 2.05) is 0 Å². The van der Waals surface area contributed by atoms with Crippen molar-refractivity contribution >= 4 is 5.91 Å². The predicted octanol–water partition coefficient (Wildman–Crippen LogP) is 2.23. The highest BCUT2D eigenvalue weighted by atomic mass is 16.3. The molecule has 0 unspecified atom stereocenters. The lowest BCUT2D eigenvalue weighted by Gasteiger charge is -2.30. The van der Waals surface area contributed by atoms with Crippen LogP contribution in [-0.4, -0.2) is 23.2 Å². The molecule has 0 spiro atoms. The summed E-state index contributed by atoms with van der Waals surface area (Å²) in [6.07, 6.45) is 7.93. The molecule has 2 aliphatic rings. The van der Waals surface area contributed by atoms with Crippen molar-refractivity contribution in [2.75, 3.05) is 0 Å². The van der Waals surface area contributed by atoms with Crippen LogP contribution in [0.4, 0.5) is 0 Å². The van der Waals surface area contributed by atoms with E-state index in [1.165, 1.54) is 12.8 Å². The van der Waals surface area contributed by atoms with Gasteiger partial charge in [-0.2, -0.15) is 0 Å². The first-order valence-corrected chi connectivity index (χ1v) is 7.13. The highest BCUT2D eigenvalue weighted by Crippen LogP contribution is 2.29. The van der Waals surface area contributed by atoms with Crippen molar-refractivity contribution in [1.29, 1.82) is 0 Å². The first kappa shape index (κ1) is 12.9. The summed E-state index contributed by atoms with van der Waals surface area (Å²) in [5, 5.41) is 12.6. The second kappa shape index (κ2) is 5.85. The van der Waals surface area contributed by atoms with Gasteiger partial charge >= 0.3 is 0 Å². The van der Waals surface area contributed by atoms with Gasteiger partial charge in [0, 0.05) is 12.0 Å². The Morgan fingerprint density at radius 3 is 2.18 bits per heavy atom. The smallest absolute Gasteiger partial charge is 0.223 e. The molecule has 0 aliphatic heterocycles. The van der Waals surface area contributed by atoms with E-state index in [-0.39, 0.29) is 17.9 Å². The summed E-state index contributed by atoms with van der Waals surface area (Å²) < 4.78 is 0. The van der Waals surface area contributed by atoms with Crippen molar-refractivity contribution in [1.82, 2.24) is 5.32 Å². The number of nitrogens with one attached hydrogen (secondary N) is 1. The van der Waals surface area contributed by atoms with Crippen LogP contribution >= 0.6 is 0 Å². The van der Waals surface area contributed by atoms with Crippen molar-refractivity contribution in [3.05, 3.63) is 0 Å². The summed E-state index contributed by atoms with van der Waals surface area (Å²) >= 11 is 0. The highest BCUT2D eigenvalue weighted by molar-refractivity contribution is 5.79. The van der Waals surface area contributed by atoms with Gasteiger partial charge in [-0.15, -0.1) is 0 Å². The van der Waals surface area contributed by atoms with E-state index in [0.717, 1.165) is 44.4 Å². The van der Waals surface area contributed by atoms with Gasteiger partial charge in [-0.1, -0.05) is 6.92 Å². The number of carbonyl (C=O) groups excluding carboxylic acids is 1. The largest absolute Gasteiger partial charge is 0.393 e. The van der Waals surface area contributed by atoms with Crippen LogP contribution in [0.2, 0.25) is 0 Å². The molecule has 2 saturated carbocycles. The zero-order valence-corrected chi connectivity index (χ0v) is 10.8. The number of carbonyl (C=O) groups is 1. The van der Waals surface area contributed by atoms with Crippen molar-refractivity contribution in [3.8, 4) is 0 Å². The summed E-state index contributed by atoms with van der Waals surface area (Å²) in [5.74, 6) is 1.31. The van der Waals surface area contributed by atoms with E-state index in [4.69, 9.17) is 0 Å². The summed E-state index contributed by atoms with van der Waals surface area (Å²) in [6, 6.07) is 0.310. The fourth-order valence-corrected chi connectivity index (χ4v) is 3.06. The second-order valence-corrected chi connectivity index (χ2v) is 5.97. The number of amides is 1. The first-order chi connectivity index (χ1) is 8.15. The molecule has 0 bridgehead atoms. The molecular weight excluding hydrogens is 214 g/mol. The van der Waals surface area contributed by atoms with Crippen LogP contribution in [0.1, 0.15) is 58.3 Å². The SMILES string of the molecule is CC1CCC(C(=O)NC2CCC(O)CC2)CC1. The summed E-state index contributed by atoms with van der Waals surface area (Å²) in [6.45, 7) is 2.27. The van der Waals surface area contributed by atoms with E-state index >= 15 is 0 Å². The Kier molecular flexibility index (Phi) is 4.43. The number of rotatable bonds is 2. The molecule has 2 rings (SSSR count).